The lowest BCUT2D eigenvalue weighted by Gasteiger charge is -2.38. The van der Waals surface area contributed by atoms with Crippen LogP contribution in [0.2, 0.25) is 0 Å². The van der Waals surface area contributed by atoms with Gasteiger partial charge in [-0.2, -0.15) is 0 Å². The van der Waals surface area contributed by atoms with E-state index in [2.05, 4.69) is 16.7 Å². The Hall–Kier alpha value is -3.00. The van der Waals surface area contributed by atoms with Gasteiger partial charge in [-0.15, -0.1) is 0 Å². The Balaban J connectivity index is 1.66. The van der Waals surface area contributed by atoms with Crippen molar-refractivity contribution in [2.24, 2.45) is 0 Å². The number of methoxy groups -OCH3 is 1. The predicted molar refractivity (Wildman–Crippen MR) is 111 cm³/mol. The smallest absolute Gasteiger partial charge is 0.251 e. The first kappa shape index (κ1) is 22.7. The molecular weight excluding hydrogens is 406 g/mol. The Morgan fingerprint density at radius 3 is 2.39 bits per heavy atom. The Kier molecular flexibility index (Phi) is 7.22. The van der Waals surface area contributed by atoms with Crippen LogP contribution < -0.4 is 15.4 Å². The van der Waals surface area contributed by atoms with Crippen LogP contribution in [0.25, 0.3) is 0 Å². The highest BCUT2D eigenvalue weighted by Gasteiger charge is 2.37. The van der Waals surface area contributed by atoms with Crippen LogP contribution in [-0.2, 0) is 14.9 Å². The second kappa shape index (κ2) is 9.87. The van der Waals surface area contributed by atoms with Gasteiger partial charge in [0.25, 0.3) is 5.91 Å². The molecule has 1 saturated heterocycles. The van der Waals surface area contributed by atoms with E-state index < -0.39 is 23.4 Å². The molecule has 8 heteroatoms. The first-order chi connectivity index (χ1) is 14.8. The molecule has 1 aliphatic rings. The molecule has 2 amide bonds. The van der Waals surface area contributed by atoms with Crippen molar-refractivity contribution < 1.29 is 27.8 Å². The molecule has 0 saturated carbocycles. The summed E-state index contributed by atoms with van der Waals surface area (Å²) in [4.78, 5) is 24.5. The van der Waals surface area contributed by atoms with Crippen LogP contribution in [0, 0.1) is 18.6 Å². The lowest BCUT2D eigenvalue weighted by molar-refractivity contribution is -0.120. The van der Waals surface area contributed by atoms with Gasteiger partial charge in [-0.1, -0.05) is 17.7 Å². The van der Waals surface area contributed by atoms with E-state index in [4.69, 9.17) is 9.47 Å². The van der Waals surface area contributed by atoms with Gasteiger partial charge in [0, 0.05) is 42.4 Å². The van der Waals surface area contributed by atoms with Crippen molar-refractivity contribution >= 4 is 11.8 Å². The third kappa shape index (κ3) is 5.58. The van der Waals surface area contributed by atoms with E-state index >= 15 is 0 Å². The molecule has 1 aliphatic heterocycles. The van der Waals surface area contributed by atoms with Crippen molar-refractivity contribution in [2.45, 2.75) is 25.2 Å². The molecule has 0 spiro atoms. The lowest BCUT2D eigenvalue weighted by Crippen LogP contribution is -2.47. The minimum atomic E-state index is -0.858. The molecule has 1 fully saturated rings. The van der Waals surface area contributed by atoms with E-state index in [0.717, 1.165) is 29.0 Å². The number of benzene rings is 2. The summed E-state index contributed by atoms with van der Waals surface area (Å²) in [6.07, 6.45) is 1.42. The number of carbonyl (C=O) groups excluding carboxylic acids is 2. The molecule has 0 aliphatic carbocycles. The molecule has 6 nitrogen and oxygen atoms in total. The van der Waals surface area contributed by atoms with Crippen molar-refractivity contribution in [3.63, 3.8) is 0 Å². The van der Waals surface area contributed by atoms with Crippen LogP contribution in [0.15, 0.2) is 36.4 Å². The zero-order chi connectivity index (χ0) is 22.4. The fourth-order valence-electron chi connectivity index (χ4n) is 3.82. The first-order valence-electron chi connectivity index (χ1n) is 10.1. The monoisotopic (exact) mass is 432 g/mol. The van der Waals surface area contributed by atoms with Crippen molar-refractivity contribution in [1.29, 1.82) is 0 Å². The third-order valence-corrected chi connectivity index (χ3v) is 5.53. The van der Waals surface area contributed by atoms with Crippen LogP contribution in [0.5, 0.6) is 5.75 Å². The standard InChI is InChI=1S/C23H26F2N2O4/c1-15-3-4-20(30-2)19(9-15)23(5-7-31-8-6-23)14-27-21(28)13-26-22(29)16-10-17(24)12-18(25)11-16/h3-4,9-12H,5-8,13-14H2,1-2H3,(H,26,29)(H,27,28). The van der Waals surface area contributed by atoms with Gasteiger partial charge >= 0.3 is 0 Å². The van der Waals surface area contributed by atoms with Gasteiger partial charge < -0.3 is 20.1 Å². The quantitative estimate of drug-likeness (QED) is 0.706. The molecule has 0 radical (unpaired) electrons. The second-order valence-electron chi connectivity index (χ2n) is 7.71. The molecule has 1 heterocycles. The minimum absolute atomic E-state index is 0.185. The molecule has 166 valence electrons. The Morgan fingerprint density at radius 2 is 1.74 bits per heavy atom. The molecule has 31 heavy (non-hydrogen) atoms. The fourth-order valence-corrected chi connectivity index (χ4v) is 3.82. The van der Waals surface area contributed by atoms with E-state index in [0.29, 0.717) is 38.7 Å². The molecule has 0 unspecified atom stereocenters. The topological polar surface area (TPSA) is 76.7 Å². The molecule has 0 aromatic heterocycles. The van der Waals surface area contributed by atoms with Crippen LogP contribution in [0.1, 0.15) is 34.3 Å². The number of rotatable bonds is 7. The van der Waals surface area contributed by atoms with E-state index in [1.54, 1.807) is 7.11 Å². The maximum absolute atomic E-state index is 13.3. The molecule has 2 aromatic rings. The van der Waals surface area contributed by atoms with Crippen molar-refractivity contribution in [3.05, 3.63) is 64.7 Å². The normalized spacial score (nSPS) is 15.2. The lowest BCUT2D eigenvalue weighted by atomic mass is 9.73. The van der Waals surface area contributed by atoms with E-state index in [9.17, 15) is 18.4 Å². The molecule has 2 N–H and O–H groups in total. The number of hydrogen-bond donors (Lipinski definition) is 2. The summed E-state index contributed by atoms with van der Waals surface area (Å²) in [7, 11) is 1.62. The summed E-state index contributed by atoms with van der Waals surface area (Å²) in [5.41, 5.74) is 1.55. The van der Waals surface area contributed by atoms with Gasteiger partial charge in [0.1, 0.15) is 17.4 Å². The first-order valence-corrected chi connectivity index (χ1v) is 10.1. The van der Waals surface area contributed by atoms with Gasteiger partial charge in [-0.05, 0) is 38.0 Å². The highest BCUT2D eigenvalue weighted by molar-refractivity contribution is 5.96. The van der Waals surface area contributed by atoms with Gasteiger partial charge in [-0.3, -0.25) is 9.59 Å². The summed E-state index contributed by atoms with van der Waals surface area (Å²) >= 11 is 0. The number of carbonyl (C=O) groups is 2. The van der Waals surface area contributed by atoms with Gasteiger partial charge in [0.2, 0.25) is 5.91 Å². The zero-order valence-electron chi connectivity index (χ0n) is 17.6. The Morgan fingerprint density at radius 1 is 1.06 bits per heavy atom. The largest absolute Gasteiger partial charge is 0.496 e. The van der Waals surface area contributed by atoms with Gasteiger partial charge in [0.05, 0.1) is 13.7 Å². The van der Waals surface area contributed by atoms with E-state index in [1.165, 1.54) is 0 Å². The average molecular weight is 432 g/mol. The molecule has 3 rings (SSSR count). The minimum Gasteiger partial charge on any atom is -0.496 e. The summed E-state index contributed by atoms with van der Waals surface area (Å²) in [5, 5.41) is 5.27. The van der Waals surface area contributed by atoms with E-state index in [1.807, 2.05) is 19.1 Å². The van der Waals surface area contributed by atoms with Crippen molar-refractivity contribution in [1.82, 2.24) is 10.6 Å². The summed E-state index contributed by atoms with van der Waals surface area (Å²) < 4.78 is 37.7. The number of hydrogen-bond acceptors (Lipinski definition) is 4. The third-order valence-electron chi connectivity index (χ3n) is 5.53. The van der Waals surface area contributed by atoms with Gasteiger partial charge in [0.15, 0.2) is 0 Å². The molecule has 0 bridgehead atoms. The predicted octanol–water partition coefficient (Wildman–Crippen LogP) is 2.88. The summed E-state index contributed by atoms with van der Waals surface area (Å²) in [6, 6.07) is 8.46. The van der Waals surface area contributed by atoms with E-state index in [-0.39, 0.29) is 17.5 Å². The molecule has 2 aromatic carbocycles. The van der Waals surface area contributed by atoms with Crippen LogP contribution in [0.3, 0.4) is 0 Å². The summed E-state index contributed by atoms with van der Waals surface area (Å²) in [6.45, 7) is 3.16. The number of nitrogens with one attached hydrogen (secondary N) is 2. The highest BCUT2D eigenvalue weighted by Crippen LogP contribution is 2.40. The van der Waals surface area contributed by atoms with Crippen LogP contribution in [-0.4, -0.2) is 45.2 Å². The van der Waals surface area contributed by atoms with Crippen molar-refractivity contribution in [2.75, 3.05) is 33.4 Å². The summed E-state index contributed by atoms with van der Waals surface area (Å²) in [5.74, 6) is -2.09. The number of amides is 2. The number of aryl methyl sites for hydroxylation is 1. The molecular formula is C23H26F2N2O4. The van der Waals surface area contributed by atoms with Crippen molar-refractivity contribution in [3.8, 4) is 5.75 Å². The van der Waals surface area contributed by atoms with Gasteiger partial charge in [-0.25, -0.2) is 8.78 Å². The maximum Gasteiger partial charge on any atom is 0.251 e. The van der Waals surface area contributed by atoms with Crippen LogP contribution in [0.4, 0.5) is 8.78 Å². The second-order valence-corrected chi connectivity index (χ2v) is 7.71. The number of halogens is 2. The molecule has 0 atom stereocenters. The highest BCUT2D eigenvalue weighted by atomic mass is 19.1. The number of ether oxygens (including phenoxy) is 2. The SMILES string of the molecule is COc1ccc(C)cc1C1(CNC(=O)CNC(=O)c2cc(F)cc(F)c2)CCOCC1. The Bertz CT molecular complexity index is 938. The zero-order valence-corrected chi connectivity index (χ0v) is 17.6. The maximum atomic E-state index is 13.3. The Labute approximate surface area is 179 Å². The van der Waals surface area contributed by atoms with Crippen LogP contribution >= 0.6 is 0 Å². The fraction of sp³-hybridized carbons (Fsp3) is 0.391. The average Bonchev–Trinajstić information content (AvgIpc) is 2.76.